The highest BCUT2D eigenvalue weighted by Crippen LogP contribution is 2.26. The van der Waals surface area contributed by atoms with Crippen molar-refractivity contribution in [2.45, 2.75) is 33.2 Å². The van der Waals surface area contributed by atoms with Crippen molar-refractivity contribution >= 4 is 27.6 Å². The van der Waals surface area contributed by atoms with E-state index >= 15 is 0 Å². The highest BCUT2D eigenvalue weighted by molar-refractivity contribution is 9.10. The molecule has 0 spiro atoms. The molecular weight excluding hydrogens is 282 g/mol. The largest absolute Gasteiger partial charge is 0.466 e. The van der Waals surface area contributed by atoms with Gasteiger partial charge in [-0.2, -0.15) is 0 Å². The number of carbonyl (C=O) groups excluding carboxylic acids is 1. The molecule has 0 aliphatic rings. The minimum atomic E-state index is -0.170. The standard InChI is InChI=1S/C13H18BrNO2/c1-4-17-12(16)8-10(3)15-11-7-5-6-9(2)13(11)14/h5-7,10,15H,4,8H2,1-3H3. The molecule has 0 heterocycles. The summed E-state index contributed by atoms with van der Waals surface area (Å²) in [4.78, 5) is 11.3. The Morgan fingerprint density at radius 3 is 2.88 bits per heavy atom. The van der Waals surface area contributed by atoms with E-state index < -0.39 is 0 Å². The van der Waals surface area contributed by atoms with E-state index in [1.54, 1.807) is 0 Å². The van der Waals surface area contributed by atoms with Crippen LogP contribution < -0.4 is 5.32 Å². The zero-order valence-electron chi connectivity index (χ0n) is 10.4. The molecule has 1 rings (SSSR count). The van der Waals surface area contributed by atoms with Gasteiger partial charge in [0.15, 0.2) is 0 Å². The normalized spacial score (nSPS) is 12.0. The minimum Gasteiger partial charge on any atom is -0.466 e. The average molecular weight is 300 g/mol. The third kappa shape index (κ3) is 4.38. The summed E-state index contributed by atoms with van der Waals surface area (Å²) in [7, 11) is 0. The highest BCUT2D eigenvalue weighted by atomic mass is 79.9. The molecule has 0 radical (unpaired) electrons. The fraction of sp³-hybridized carbons (Fsp3) is 0.462. The van der Waals surface area contributed by atoms with Crippen LogP contribution in [0.3, 0.4) is 0 Å². The van der Waals surface area contributed by atoms with Crippen LogP contribution >= 0.6 is 15.9 Å². The second-order valence-electron chi connectivity index (χ2n) is 3.99. The topological polar surface area (TPSA) is 38.3 Å². The molecule has 0 aliphatic heterocycles. The summed E-state index contributed by atoms with van der Waals surface area (Å²) in [5.41, 5.74) is 2.17. The molecule has 1 atom stereocenters. The Morgan fingerprint density at radius 1 is 1.53 bits per heavy atom. The molecule has 0 saturated carbocycles. The molecule has 0 aromatic heterocycles. The van der Waals surface area contributed by atoms with Crippen molar-refractivity contribution in [3.05, 3.63) is 28.2 Å². The number of ether oxygens (including phenoxy) is 1. The summed E-state index contributed by atoms with van der Waals surface area (Å²) in [5.74, 6) is -0.170. The Morgan fingerprint density at radius 2 is 2.24 bits per heavy atom. The number of anilines is 1. The van der Waals surface area contributed by atoms with Gasteiger partial charge in [-0.15, -0.1) is 0 Å². The Hall–Kier alpha value is -1.03. The third-order valence-corrected chi connectivity index (χ3v) is 3.42. The summed E-state index contributed by atoms with van der Waals surface area (Å²) in [5, 5.41) is 3.29. The number of esters is 1. The van der Waals surface area contributed by atoms with Crippen molar-refractivity contribution in [1.82, 2.24) is 0 Å². The second-order valence-corrected chi connectivity index (χ2v) is 4.78. The van der Waals surface area contributed by atoms with Crippen LogP contribution in [0.15, 0.2) is 22.7 Å². The zero-order chi connectivity index (χ0) is 12.8. The van der Waals surface area contributed by atoms with Crippen LogP contribution in [-0.4, -0.2) is 18.6 Å². The van der Waals surface area contributed by atoms with Crippen LogP contribution in [0.25, 0.3) is 0 Å². The lowest BCUT2D eigenvalue weighted by Gasteiger charge is -2.16. The van der Waals surface area contributed by atoms with Gasteiger partial charge in [0.1, 0.15) is 0 Å². The van der Waals surface area contributed by atoms with E-state index in [9.17, 15) is 4.79 Å². The molecule has 3 nitrogen and oxygen atoms in total. The monoisotopic (exact) mass is 299 g/mol. The van der Waals surface area contributed by atoms with E-state index in [0.29, 0.717) is 13.0 Å². The predicted octanol–water partition coefficient (Wildman–Crippen LogP) is 3.51. The Balaban J connectivity index is 2.59. The van der Waals surface area contributed by atoms with Gasteiger partial charge in [0.05, 0.1) is 13.0 Å². The van der Waals surface area contributed by atoms with Crippen molar-refractivity contribution in [2.75, 3.05) is 11.9 Å². The van der Waals surface area contributed by atoms with E-state index in [4.69, 9.17) is 4.74 Å². The summed E-state index contributed by atoms with van der Waals surface area (Å²) < 4.78 is 5.95. The van der Waals surface area contributed by atoms with Gasteiger partial charge >= 0.3 is 5.97 Å². The highest BCUT2D eigenvalue weighted by Gasteiger charge is 2.11. The number of hydrogen-bond donors (Lipinski definition) is 1. The first-order valence-electron chi connectivity index (χ1n) is 5.71. The van der Waals surface area contributed by atoms with E-state index in [1.807, 2.05) is 39.0 Å². The van der Waals surface area contributed by atoms with Crippen molar-refractivity contribution in [1.29, 1.82) is 0 Å². The van der Waals surface area contributed by atoms with Crippen molar-refractivity contribution in [3.63, 3.8) is 0 Å². The lowest BCUT2D eigenvalue weighted by molar-refractivity contribution is -0.143. The SMILES string of the molecule is CCOC(=O)CC(C)Nc1cccc(C)c1Br. The van der Waals surface area contributed by atoms with Gasteiger partial charge in [0.25, 0.3) is 0 Å². The summed E-state index contributed by atoms with van der Waals surface area (Å²) in [6.45, 7) is 6.24. The third-order valence-electron chi connectivity index (χ3n) is 2.37. The van der Waals surface area contributed by atoms with Crippen LogP contribution in [0.5, 0.6) is 0 Å². The maximum absolute atomic E-state index is 11.3. The van der Waals surface area contributed by atoms with E-state index in [1.165, 1.54) is 5.56 Å². The number of benzene rings is 1. The number of rotatable bonds is 5. The van der Waals surface area contributed by atoms with Gasteiger partial charge in [0.2, 0.25) is 0 Å². The van der Waals surface area contributed by atoms with Crippen LogP contribution in [0.1, 0.15) is 25.8 Å². The van der Waals surface area contributed by atoms with Gasteiger partial charge in [0, 0.05) is 16.2 Å². The molecule has 1 aromatic rings. The molecule has 0 bridgehead atoms. The maximum Gasteiger partial charge on any atom is 0.307 e. The second kappa shape index (κ2) is 6.64. The van der Waals surface area contributed by atoms with E-state index in [2.05, 4.69) is 21.2 Å². The van der Waals surface area contributed by atoms with E-state index in [-0.39, 0.29) is 12.0 Å². The zero-order valence-corrected chi connectivity index (χ0v) is 12.0. The number of carbonyl (C=O) groups is 1. The minimum absolute atomic E-state index is 0.0483. The number of aryl methyl sites for hydroxylation is 1. The molecule has 0 saturated heterocycles. The molecule has 4 heteroatoms. The summed E-state index contributed by atoms with van der Waals surface area (Å²) in [6.07, 6.45) is 0.369. The van der Waals surface area contributed by atoms with Gasteiger partial charge < -0.3 is 10.1 Å². The molecular formula is C13H18BrNO2. The maximum atomic E-state index is 11.3. The van der Waals surface area contributed by atoms with Crippen LogP contribution in [0.2, 0.25) is 0 Å². The quantitative estimate of drug-likeness (QED) is 0.846. The smallest absolute Gasteiger partial charge is 0.307 e. The first kappa shape index (κ1) is 14.0. The number of nitrogens with one attached hydrogen (secondary N) is 1. The molecule has 1 unspecified atom stereocenters. The molecule has 1 aromatic carbocycles. The summed E-state index contributed by atoms with van der Waals surface area (Å²) >= 11 is 3.53. The van der Waals surface area contributed by atoms with Crippen LogP contribution in [0.4, 0.5) is 5.69 Å². The van der Waals surface area contributed by atoms with Gasteiger partial charge in [-0.3, -0.25) is 4.79 Å². The van der Waals surface area contributed by atoms with E-state index in [0.717, 1.165) is 10.2 Å². The van der Waals surface area contributed by atoms with Crippen molar-refractivity contribution in [2.24, 2.45) is 0 Å². The first-order valence-corrected chi connectivity index (χ1v) is 6.51. The fourth-order valence-electron chi connectivity index (χ4n) is 1.55. The first-order chi connectivity index (χ1) is 8.04. The molecule has 0 fully saturated rings. The predicted molar refractivity (Wildman–Crippen MR) is 73.2 cm³/mol. The Labute approximate surface area is 111 Å². The Kier molecular flexibility index (Phi) is 5.48. The van der Waals surface area contributed by atoms with Crippen molar-refractivity contribution < 1.29 is 9.53 Å². The lowest BCUT2D eigenvalue weighted by Crippen LogP contribution is -2.21. The average Bonchev–Trinajstić information content (AvgIpc) is 2.25. The van der Waals surface area contributed by atoms with Crippen LogP contribution in [-0.2, 0) is 9.53 Å². The number of hydrogen-bond acceptors (Lipinski definition) is 3. The van der Waals surface area contributed by atoms with Crippen LogP contribution in [0, 0.1) is 6.92 Å². The lowest BCUT2D eigenvalue weighted by atomic mass is 10.2. The molecule has 0 amide bonds. The molecule has 17 heavy (non-hydrogen) atoms. The Bertz CT molecular complexity index is 393. The van der Waals surface area contributed by atoms with Gasteiger partial charge in [-0.05, 0) is 48.3 Å². The number of halogens is 1. The van der Waals surface area contributed by atoms with Crippen molar-refractivity contribution in [3.8, 4) is 0 Å². The summed E-state index contributed by atoms with van der Waals surface area (Å²) in [6, 6.07) is 6.05. The van der Waals surface area contributed by atoms with Gasteiger partial charge in [-0.25, -0.2) is 0 Å². The molecule has 94 valence electrons. The molecule has 0 aliphatic carbocycles. The molecule has 1 N–H and O–H groups in total. The van der Waals surface area contributed by atoms with Gasteiger partial charge in [-0.1, -0.05) is 12.1 Å². The fourth-order valence-corrected chi connectivity index (χ4v) is 1.92.